The summed E-state index contributed by atoms with van der Waals surface area (Å²) in [6.45, 7) is 1.06. The number of halogens is 2. The topological polar surface area (TPSA) is 69.7 Å². The number of hydrogen-bond acceptors (Lipinski definition) is 4. The molecule has 30 heavy (non-hydrogen) atoms. The van der Waals surface area contributed by atoms with Crippen molar-refractivity contribution in [2.45, 2.75) is 31.3 Å². The summed E-state index contributed by atoms with van der Waals surface area (Å²) in [5.41, 5.74) is 0.929. The number of likely N-dealkylation sites (tertiary alicyclic amines) is 1. The van der Waals surface area contributed by atoms with Gasteiger partial charge in [0.25, 0.3) is 11.8 Å². The molecule has 2 heterocycles. The second kappa shape index (κ2) is 8.53. The highest BCUT2D eigenvalue weighted by molar-refractivity contribution is 6.31. The first-order valence-corrected chi connectivity index (χ1v) is 10.2. The number of nitrogens with zero attached hydrogens (tertiary/aromatic N) is 2. The molecule has 2 aromatic rings. The van der Waals surface area contributed by atoms with Gasteiger partial charge in [0, 0.05) is 29.7 Å². The third-order valence-electron chi connectivity index (χ3n) is 5.52. The van der Waals surface area contributed by atoms with Crippen LogP contribution in [0.5, 0.6) is 0 Å². The van der Waals surface area contributed by atoms with Crippen LogP contribution in [0.1, 0.15) is 29.6 Å². The molecule has 0 unspecified atom stereocenters. The largest absolute Gasteiger partial charge is 0.339 e. The fraction of sp³-hybridized carbons (Fsp3) is 0.318. The van der Waals surface area contributed by atoms with E-state index in [4.69, 9.17) is 11.6 Å². The number of anilines is 1. The molecule has 2 aromatic carbocycles. The van der Waals surface area contributed by atoms with E-state index in [1.54, 1.807) is 29.2 Å². The zero-order valence-electron chi connectivity index (χ0n) is 16.2. The van der Waals surface area contributed by atoms with Crippen LogP contribution in [0.15, 0.2) is 48.5 Å². The fourth-order valence-electron chi connectivity index (χ4n) is 3.96. The minimum atomic E-state index is -0.583. The maximum Gasteiger partial charge on any atom is 0.253 e. The minimum absolute atomic E-state index is 0.0309. The van der Waals surface area contributed by atoms with Crippen LogP contribution in [0.2, 0.25) is 5.02 Å². The van der Waals surface area contributed by atoms with Gasteiger partial charge in [-0.15, -0.1) is 0 Å². The Balaban J connectivity index is 1.34. The third kappa shape index (κ3) is 4.22. The Bertz CT molecular complexity index is 974. The molecule has 2 saturated heterocycles. The molecular formula is C22H21ClFN3O3. The number of rotatable bonds is 4. The Morgan fingerprint density at radius 2 is 1.77 bits per heavy atom. The average molecular weight is 430 g/mol. The molecule has 4 rings (SSSR count). The molecular weight excluding hydrogens is 409 g/mol. The first kappa shape index (κ1) is 20.5. The maximum atomic E-state index is 13.1. The van der Waals surface area contributed by atoms with E-state index in [1.165, 1.54) is 29.2 Å². The molecule has 3 amide bonds. The van der Waals surface area contributed by atoms with Gasteiger partial charge < -0.3 is 10.2 Å². The molecule has 2 aliphatic rings. The molecule has 0 saturated carbocycles. The zero-order valence-corrected chi connectivity index (χ0v) is 16.9. The van der Waals surface area contributed by atoms with E-state index in [9.17, 15) is 18.8 Å². The van der Waals surface area contributed by atoms with Crippen LogP contribution in [-0.2, 0) is 9.59 Å². The van der Waals surface area contributed by atoms with Crippen molar-refractivity contribution in [1.29, 1.82) is 0 Å². The summed E-state index contributed by atoms with van der Waals surface area (Å²) in [5.74, 6) is -1.06. The van der Waals surface area contributed by atoms with Crippen LogP contribution >= 0.6 is 11.6 Å². The van der Waals surface area contributed by atoms with E-state index in [0.29, 0.717) is 42.2 Å². The highest BCUT2D eigenvalue weighted by atomic mass is 35.5. The van der Waals surface area contributed by atoms with E-state index >= 15 is 0 Å². The van der Waals surface area contributed by atoms with Gasteiger partial charge in [0.15, 0.2) is 0 Å². The van der Waals surface area contributed by atoms with Crippen LogP contribution < -0.4 is 10.2 Å². The van der Waals surface area contributed by atoms with Crippen molar-refractivity contribution in [2.75, 3.05) is 18.0 Å². The molecule has 6 nitrogen and oxygen atoms in total. The lowest BCUT2D eigenvalue weighted by atomic mass is 10.0. The molecule has 2 fully saturated rings. The van der Waals surface area contributed by atoms with Crippen LogP contribution in [0.25, 0.3) is 0 Å². The highest BCUT2D eigenvalue weighted by Gasteiger charge is 2.40. The molecule has 1 atom stereocenters. The number of imide groups is 1. The Kier molecular flexibility index (Phi) is 5.83. The fourth-order valence-corrected chi connectivity index (χ4v) is 4.14. The number of nitrogens with one attached hydrogen (secondary N) is 1. The van der Waals surface area contributed by atoms with Crippen LogP contribution in [0.3, 0.4) is 0 Å². The van der Waals surface area contributed by atoms with Crippen molar-refractivity contribution in [2.24, 2.45) is 0 Å². The monoisotopic (exact) mass is 429 g/mol. The van der Waals surface area contributed by atoms with Crippen molar-refractivity contribution in [3.8, 4) is 0 Å². The van der Waals surface area contributed by atoms with E-state index in [0.717, 1.165) is 0 Å². The lowest BCUT2D eigenvalue weighted by molar-refractivity contribution is -0.121. The van der Waals surface area contributed by atoms with Crippen molar-refractivity contribution in [3.63, 3.8) is 0 Å². The quantitative estimate of drug-likeness (QED) is 0.758. The van der Waals surface area contributed by atoms with Gasteiger partial charge in [0.2, 0.25) is 5.91 Å². The summed E-state index contributed by atoms with van der Waals surface area (Å²) in [5, 5.41) is 3.75. The number of carbonyl (C=O) groups is 3. The maximum absolute atomic E-state index is 13.1. The summed E-state index contributed by atoms with van der Waals surface area (Å²) < 4.78 is 13.1. The van der Waals surface area contributed by atoms with Gasteiger partial charge in [-0.2, -0.15) is 0 Å². The van der Waals surface area contributed by atoms with Crippen molar-refractivity contribution < 1.29 is 18.8 Å². The number of benzene rings is 2. The number of carbonyl (C=O) groups excluding carboxylic acids is 3. The lowest BCUT2D eigenvalue weighted by Crippen LogP contribution is -2.49. The Labute approximate surface area is 178 Å². The standard InChI is InChI=1S/C22H21ClFN3O3/c23-15-2-1-3-18(12-15)27-20(28)13-19(22(27)30)25-17-8-10-26(11-9-17)21(29)14-4-6-16(24)7-5-14/h1-7,12,17,19,25H,8-11,13H2/t19-/m0/s1. The molecule has 0 aliphatic carbocycles. The smallest absolute Gasteiger partial charge is 0.253 e. The van der Waals surface area contributed by atoms with Crippen LogP contribution in [0.4, 0.5) is 10.1 Å². The van der Waals surface area contributed by atoms with Crippen molar-refractivity contribution >= 4 is 35.0 Å². The molecule has 2 aliphatic heterocycles. The van der Waals surface area contributed by atoms with Gasteiger partial charge in [-0.25, -0.2) is 9.29 Å². The average Bonchev–Trinajstić information content (AvgIpc) is 3.01. The first-order valence-electron chi connectivity index (χ1n) is 9.85. The second-order valence-corrected chi connectivity index (χ2v) is 7.98. The zero-order chi connectivity index (χ0) is 21.3. The van der Waals surface area contributed by atoms with E-state index < -0.39 is 6.04 Å². The van der Waals surface area contributed by atoms with E-state index in [-0.39, 0.29) is 36.0 Å². The summed E-state index contributed by atoms with van der Waals surface area (Å²) >= 11 is 5.99. The van der Waals surface area contributed by atoms with Gasteiger partial charge in [0.1, 0.15) is 5.82 Å². The molecule has 0 radical (unpaired) electrons. The third-order valence-corrected chi connectivity index (χ3v) is 5.76. The van der Waals surface area contributed by atoms with Crippen LogP contribution in [-0.4, -0.2) is 47.8 Å². The lowest BCUT2D eigenvalue weighted by Gasteiger charge is -2.33. The number of amides is 3. The summed E-state index contributed by atoms with van der Waals surface area (Å²) in [4.78, 5) is 40.7. The van der Waals surface area contributed by atoms with Crippen LogP contribution in [0, 0.1) is 5.82 Å². The molecule has 0 bridgehead atoms. The molecule has 0 aromatic heterocycles. The molecule has 1 N–H and O–H groups in total. The number of piperidine rings is 1. The Morgan fingerprint density at radius 3 is 2.43 bits per heavy atom. The summed E-state index contributed by atoms with van der Waals surface area (Å²) in [6.07, 6.45) is 1.43. The predicted octanol–water partition coefficient (Wildman–Crippen LogP) is 3.01. The Hall–Kier alpha value is -2.77. The number of hydrogen-bond donors (Lipinski definition) is 1. The van der Waals surface area contributed by atoms with E-state index in [1.807, 2.05) is 0 Å². The normalized spacial score (nSPS) is 20.1. The van der Waals surface area contributed by atoms with E-state index in [2.05, 4.69) is 5.32 Å². The molecule has 8 heteroatoms. The van der Waals surface area contributed by atoms with Crippen molar-refractivity contribution in [3.05, 3.63) is 64.9 Å². The van der Waals surface area contributed by atoms with Gasteiger partial charge in [0.05, 0.1) is 18.2 Å². The highest BCUT2D eigenvalue weighted by Crippen LogP contribution is 2.26. The Morgan fingerprint density at radius 1 is 1.07 bits per heavy atom. The van der Waals surface area contributed by atoms with Crippen molar-refractivity contribution in [1.82, 2.24) is 10.2 Å². The SMILES string of the molecule is O=C(c1ccc(F)cc1)N1CCC(N[C@H]2CC(=O)N(c3cccc(Cl)c3)C2=O)CC1. The minimum Gasteiger partial charge on any atom is -0.339 e. The van der Waals surface area contributed by atoms with Gasteiger partial charge in [-0.1, -0.05) is 17.7 Å². The van der Waals surface area contributed by atoms with Gasteiger partial charge in [-0.05, 0) is 55.3 Å². The first-order chi connectivity index (χ1) is 14.4. The van der Waals surface area contributed by atoms with Gasteiger partial charge >= 0.3 is 0 Å². The second-order valence-electron chi connectivity index (χ2n) is 7.54. The summed E-state index contributed by atoms with van der Waals surface area (Å²) in [7, 11) is 0. The molecule has 156 valence electrons. The molecule has 0 spiro atoms. The van der Waals surface area contributed by atoms with Gasteiger partial charge in [-0.3, -0.25) is 14.4 Å². The predicted molar refractivity (Wildman–Crippen MR) is 111 cm³/mol. The summed E-state index contributed by atoms with van der Waals surface area (Å²) in [6, 6.07) is 11.6.